The number of hydrogen-bond acceptors (Lipinski definition) is 3. The van der Waals surface area contributed by atoms with E-state index in [0.717, 1.165) is 4.47 Å². The van der Waals surface area contributed by atoms with Crippen molar-refractivity contribution in [3.63, 3.8) is 0 Å². The van der Waals surface area contributed by atoms with E-state index in [1.54, 1.807) is 25.4 Å². The van der Waals surface area contributed by atoms with Crippen molar-refractivity contribution in [1.82, 2.24) is 9.97 Å². The molecule has 0 aliphatic rings. The van der Waals surface area contributed by atoms with Gasteiger partial charge in [-0.15, -0.1) is 0 Å². The van der Waals surface area contributed by atoms with E-state index < -0.39 is 0 Å². The molecule has 1 aromatic heterocycles. The zero-order chi connectivity index (χ0) is 13.1. The molecule has 0 aliphatic heterocycles. The highest BCUT2D eigenvalue weighted by Crippen LogP contribution is 2.23. The van der Waals surface area contributed by atoms with Crippen LogP contribution >= 0.6 is 27.5 Å². The van der Waals surface area contributed by atoms with Crippen molar-refractivity contribution in [2.24, 2.45) is 0 Å². The second-order valence-corrected chi connectivity index (χ2v) is 4.87. The van der Waals surface area contributed by atoms with Gasteiger partial charge in [-0.3, -0.25) is 0 Å². The highest BCUT2D eigenvalue weighted by atomic mass is 79.9. The predicted molar refractivity (Wildman–Crippen MR) is 73.5 cm³/mol. The number of halogens is 3. The average molecular weight is 331 g/mol. The van der Waals surface area contributed by atoms with Gasteiger partial charge < -0.3 is 5.32 Å². The molecule has 2 rings (SSSR count). The number of hydrogen-bond donors (Lipinski definition) is 1. The Kier molecular flexibility index (Phi) is 4.14. The number of nitrogens with zero attached hydrogens (tertiary/aromatic N) is 2. The van der Waals surface area contributed by atoms with Crippen molar-refractivity contribution in [3.8, 4) is 0 Å². The maximum absolute atomic E-state index is 13.6. The zero-order valence-corrected chi connectivity index (χ0v) is 11.9. The number of nitrogens with one attached hydrogen (secondary N) is 1. The molecule has 0 atom stereocenters. The smallest absolute Gasteiger partial charge is 0.143 e. The van der Waals surface area contributed by atoms with Crippen LogP contribution in [0, 0.1) is 5.82 Å². The molecule has 0 radical (unpaired) electrons. The molecule has 0 saturated heterocycles. The van der Waals surface area contributed by atoms with Crippen LogP contribution in [-0.4, -0.2) is 17.0 Å². The maximum atomic E-state index is 13.6. The van der Waals surface area contributed by atoms with E-state index in [9.17, 15) is 4.39 Å². The van der Waals surface area contributed by atoms with Gasteiger partial charge in [-0.1, -0.05) is 17.7 Å². The van der Waals surface area contributed by atoms with Crippen LogP contribution in [0.25, 0.3) is 0 Å². The van der Waals surface area contributed by atoms with Gasteiger partial charge in [-0.25, -0.2) is 14.4 Å². The zero-order valence-electron chi connectivity index (χ0n) is 9.54. The Morgan fingerprint density at radius 2 is 2.22 bits per heavy atom. The molecular formula is C12H10BrClFN3. The van der Waals surface area contributed by atoms with Gasteiger partial charge in [0.15, 0.2) is 0 Å². The van der Waals surface area contributed by atoms with Crippen LogP contribution in [0.15, 0.2) is 28.9 Å². The summed E-state index contributed by atoms with van der Waals surface area (Å²) in [7, 11) is 1.76. The quantitative estimate of drug-likeness (QED) is 0.933. The first kappa shape index (κ1) is 13.2. The summed E-state index contributed by atoms with van der Waals surface area (Å²) in [5.41, 5.74) is 0.406. The van der Waals surface area contributed by atoms with Crippen molar-refractivity contribution < 1.29 is 4.39 Å². The van der Waals surface area contributed by atoms with Gasteiger partial charge in [0.1, 0.15) is 17.5 Å². The largest absolute Gasteiger partial charge is 0.372 e. The normalized spacial score (nSPS) is 10.4. The summed E-state index contributed by atoms with van der Waals surface area (Å²) in [4.78, 5) is 8.41. The third kappa shape index (κ3) is 2.79. The number of benzene rings is 1. The molecule has 0 aliphatic carbocycles. The molecule has 2 aromatic rings. The lowest BCUT2D eigenvalue weighted by Crippen LogP contribution is -2.03. The van der Waals surface area contributed by atoms with E-state index in [2.05, 4.69) is 31.2 Å². The standard InChI is InChI=1S/C12H10BrClFN3/c1-16-12-8(13)6-17-11(18-12)5-7-9(14)3-2-4-10(7)15/h2-4,6H,5H2,1H3,(H,16,17,18). The van der Waals surface area contributed by atoms with E-state index in [-0.39, 0.29) is 12.2 Å². The summed E-state index contributed by atoms with van der Waals surface area (Å²) in [6, 6.07) is 4.60. The maximum Gasteiger partial charge on any atom is 0.143 e. The fourth-order valence-corrected chi connectivity index (χ4v) is 2.14. The molecule has 1 heterocycles. The monoisotopic (exact) mass is 329 g/mol. The molecule has 0 saturated carbocycles. The van der Waals surface area contributed by atoms with Crippen LogP contribution in [0.1, 0.15) is 11.4 Å². The Bertz CT molecular complexity index is 557. The second kappa shape index (κ2) is 5.63. The number of anilines is 1. The molecule has 3 nitrogen and oxygen atoms in total. The minimum Gasteiger partial charge on any atom is -0.372 e. The fraction of sp³-hybridized carbons (Fsp3) is 0.167. The van der Waals surface area contributed by atoms with E-state index in [1.165, 1.54) is 6.07 Å². The first-order chi connectivity index (χ1) is 8.61. The molecule has 0 fully saturated rings. The lowest BCUT2D eigenvalue weighted by molar-refractivity contribution is 0.612. The van der Waals surface area contributed by atoms with Crippen molar-refractivity contribution >= 4 is 33.3 Å². The number of aromatic nitrogens is 2. The third-order valence-electron chi connectivity index (χ3n) is 2.43. The molecule has 0 bridgehead atoms. The Balaban J connectivity index is 2.34. The highest BCUT2D eigenvalue weighted by Gasteiger charge is 2.11. The molecule has 94 valence electrons. The van der Waals surface area contributed by atoms with Crippen LogP contribution in [0.5, 0.6) is 0 Å². The van der Waals surface area contributed by atoms with Crippen molar-refractivity contribution in [2.75, 3.05) is 12.4 Å². The molecule has 0 unspecified atom stereocenters. The van der Waals surface area contributed by atoms with Gasteiger partial charge in [0, 0.05) is 30.3 Å². The highest BCUT2D eigenvalue weighted by molar-refractivity contribution is 9.10. The van der Waals surface area contributed by atoms with Crippen molar-refractivity contribution in [1.29, 1.82) is 0 Å². The van der Waals surface area contributed by atoms with Crippen molar-refractivity contribution in [2.45, 2.75) is 6.42 Å². The van der Waals surface area contributed by atoms with Crippen LogP contribution in [0.2, 0.25) is 5.02 Å². The fourth-order valence-electron chi connectivity index (χ4n) is 1.52. The van der Waals surface area contributed by atoms with Crippen LogP contribution < -0.4 is 5.32 Å². The molecule has 18 heavy (non-hydrogen) atoms. The van der Waals surface area contributed by atoms with Gasteiger partial charge in [-0.2, -0.15) is 0 Å². The van der Waals surface area contributed by atoms with E-state index in [1.807, 2.05) is 0 Å². The second-order valence-electron chi connectivity index (χ2n) is 3.61. The summed E-state index contributed by atoms with van der Waals surface area (Å²) in [5.74, 6) is 0.821. The van der Waals surface area contributed by atoms with Gasteiger partial charge in [0.2, 0.25) is 0 Å². The number of rotatable bonds is 3. The molecule has 0 spiro atoms. The molecule has 1 aromatic carbocycles. The van der Waals surface area contributed by atoms with Gasteiger partial charge in [0.25, 0.3) is 0 Å². The molecule has 0 amide bonds. The van der Waals surface area contributed by atoms with E-state index >= 15 is 0 Å². The van der Waals surface area contributed by atoms with Crippen LogP contribution in [0.3, 0.4) is 0 Å². The lowest BCUT2D eigenvalue weighted by Gasteiger charge is -2.07. The molecule has 1 N–H and O–H groups in total. The SMILES string of the molecule is CNc1nc(Cc2c(F)cccc2Cl)ncc1Br. The van der Waals surface area contributed by atoms with Gasteiger partial charge in [-0.05, 0) is 28.1 Å². The first-order valence-electron chi connectivity index (χ1n) is 5.24. The summed E-state index contributed by atoms with van der Waals surface area (Å²) < 4.78 is 14.4. The van der Waals surface area contributed by atoms with Gasteiger partial charge in [0.05, 0.1) is 4.47 Å². The predicted octanol–water partition coefficient (Wildman–Crippen LogP) is 3.66. The Morgan fingerprint density at radius 1 is 1.44 bits per heavy atom. The van der Waals surface area contributed by atoms with E-state index in [4.69, 9.17) is 11.6 Å². The lowest BCUT2D eigenvalue weighted by atomic mass is 10.1. The summed E-state index contributed by atoms with van der Waals surface area (Å²) in [6.07, 6.45) is 1.89. The molecular weight excluding hydrogens is 321 g/mol. The Labute approximate surface area is 118 Å². The minimum absolute atomic E-state index is 0.257. The van der Waals surface area contributed by atoms with Crippen LogP contribution in [0.4, 0.5) is 10.2 Å². The summed E-state index contributed by atoms with van der Waals surface area (Å²) >= 11 is 9.28. The Morgan fingerprint density at radius 3 is 2.89 bits per heavy atom. The summed E-state index contributed by atoms with van der Waals surface area (Å²) in [5, 5.41) is 3.31. The third-order valence-corrected chi connectivity index (χ3v) is 3.36. The molecule has 6 heteroatoms. The average Bonchev–Trinajstić information content (AvgIpc) is 2.36. The summed E-state index contributed by atoms with van der Waals surface area (Å²) in [6.45, 7) is 0. The van der Waals surface area contributed by atoms with Crippen LogP contribution in [-0.2, 0) is 6.42 Å². The Hall–Kier alpha value is -1.20. The first-order valence-corrected chi connectivity index (χ1v) is 6.41. The van der Waals surface area contributed by atoms with Gasteiger partial charge >= 0.3 is 0 Å². The van der Waals surface area contributed by atoms with Crippen molar-refractivity contribution in [3.05, 3.63) is 51.1 Å². The van der Waals surface area contributed by atoms with E-state index in [0.29, 0.717) is 22.2 Å². The minimum atomic E-state index is -0.347. The topological polar surface area (TPSA) is 37.8 Å².